The van der Waals surface area contributed by atoms with Gasteiger partial charge in [-0.05, 0) is 43.8 Å². The van der Waals surface area contributed by atoms with Crippen LogP contribution in [0.1, 0.15) is 20.3 Å². The number of rotatable bonds is 5. The lowest BCUT2D eigenvalue weighted by molar-refractivity contribution is 0.232. The molecule has 4 aromatic rings. The third-order valence-electron chi connectivity index (χ3n) is 6.52. The van der Waals surface area contributed by atoms with E-state index < -0.39 is 0 Å². The SMILES string of the molecule is CCN(CC)C1CCN(c2ccc3nc(-c4c(N)c5ccccc5[nH]c4=O)[nH]c3c2)C1. The summed E-state index contributed by atoms with van der Waals surface area (Å²) in [6.45, 7) is 8.70. The largest absolute Gasteiger partial charge is 0.397 e. The maximum absolute atomic E-state index is 12.8. The number of nitrogen functional groups attached to an aromatic ring is 1. The Morgan fingerprint density at radius 2 is 1.94 bits per heavy atom. The van der Waals surface area contributed by atoms with Crippen LogP contribution in [-0.2, 0) is 0 Å². The predicted molar refractivity (Wildman–Crippen MR) is 128 cm³/mol. The molecule has 0 bridgehead atoms. The molecule has 2 aromatic carbocycles. The summed E-state index contributed by atoms with van der Waals surface area (Å²) in [7, 11) is 0. The Morgan fingerprint density at radius 1 is 1.13 bits per heavy atom. The van der Waals surface area contributed by atoms with Crippen LogP contribution in [0.3, 0.4) is 0 Å². The van der Waals surface area contributed by atoms with Gasteiger partial charge in [-0.2, -0.15) is 0 Å². The summed E-state index contributed by atoms with van der Waals surface area (Å²) in [5.41, 5.74) is 10.6. The van der Waals surface area contributed by atoms with Crippen molar-refractivity contribution in [2.75, 3.05) is 36.8 Å². The summed E-state index contributed by atoms with van der Waals surface area (Å²) in [4.78, 5) is 28.6. The second kappa shape index (κ2) is 7.74. The summed E-state index contributed by atoms with van der Waals surface area (Å²) < 4.78 is 0. The number of nitrogens with one attached hydrogen (secondary N) is 2. The number of fused-ring (bicyclic) bond motifs is 2. The fourth-order valence-electron chi connectivity index (χ4n) is 4.83. The normalized spacial score (nSPS) is 16.7. The first-order valence-corrected chi connectivity index (χ1v) is 11.0. The van der Waals surface area contributed by atoms with Crippen LogP contribution in [0.5, 0.6) is 0 Å². The number of aromatic amines is 2. The number of likely N-dealkylation sites (N-methyl/N-ethyl adjacent to an activating group) is 1. The molecule has 0 spiro atoms. The van der Waals surface area contributed by atoms with E-state index in [1.807, 2.05) is 30.3 Å². The van der Waals surface area contributed by atoms with Crippen LogP contribution in [0.2, 0.25) is 0 Å². The van der Waals surface area contributed by atoms with E-state index in [4.69, 9.17) is 5.73 Å². The average molecular weight is 417 g/mol. The number of hydrogen-bond acceptors (Lipinski definition) is 5. The molecule has 160 valence electrons. The molecule has 1 aliphatic heterocycles. The Kier molecular flexibility index (Phi) is 4.90. The van der Waals surface area contributed by atoms with Gasteiger partial charge < -0.3 is 20.6 Å². The second-order valence-corrected chi connectivity index (χ2v) is 8.18. The van der Waals surface area contributed by atoms with Crippen LogP contribution in [0.25, 0.3) is 33.3 Å². The number of para-hydroxylation sites is 1. The molecule has 1 saturated heterocycles. The van der Waals surface area contributed by atoms with Gasteiger partial charge in [0.2, 0.25) is 0 Å². The lowest BCUT2D eigenvalue weighted by Gasteiger charge is -2.26. The summed E-state index contributed by atoms with van der Waals surface area (Å²) in [5, 5.41) is 0.817. The third kappa shape index (κ3) is 3.35. The van der Waals surface area contributed by atoms with Gasteiger partial charge in [-0.3, -0.25) is 9.69 Å². The van der Waals surface area contributed by atoms with E-state index in [9.17, 15) is 4.79 Å². The molecule has 1 fully saturated rings. The lowest BCUT2D eigenvalue weighted by atomic mass is 10.1. The molecule has 3 heterocycles. The minimum Gasteiger partial charge on any atom is -0.397 e. The van der Waals surface area contributed by atoms with Gasteiger partial charge >= 0.3 is 0 Å². The number of aromatic nitrogens is 3. The number of nitrogens with zero attached hydrogens (tertiary/aromatic N) is 3. The van der Waals surface area contributed by atoms with E-state index in [1.165, 1.54) is 12.1 Å². The first-order valence-electron chi connectivity index (χ1n) is 11.0. The average Bonchev–Trinajstić information content (AvgIpc) is 3.41. The Hall–Kier alpha value is -3.32. The molecule has 2 aromatic heterocycles. The molecule has 4 N–H and O–H groups in total. The van der Waals surface area contributed by atoms with E-state index in [0.717, 1.165) is 48.1 Å². The number of pyridine rings is 1. The number of H-pyrrole nitrogens is 2. The zero-order chi connectivity index (χ0) is 21.5. The van der Waals surface area contributed by atoms with Crippen molar-refractivity contribution in [3.05, 3.63) is 52.8 Å². The summed E-state index contributed by atoms with van der Waals surface area (Å²) >= 11 is 0. The van der Waals surface area contributed by atoms with Crippen molar-refractivity contribution in [2.45, 2.75) is 26.3 Å². The van der Waals surface area contributed by atoms with Crippen molar-refractivity contribution in [2.24, 2.45) is 0 Å². The van der Waals surface area contributed by atoms with E-state index >= 15 is 0 Å². The van der Waals surface area contributed by atoms with E-state index in [0.29, 0.717) is 23.1 Å². The predicted octanol–water partition coefficient (Wildman–Crippen LogP) is 3.57. The van der Waals surface area contributed by atoms with Crippen LogP contribution in [0, 0.1) is 0 Å². The molecule has 1 unspecified atom stereocenters. The fraction of sp³-hybridized carbons (Fsp3) is 0.333. The molecular weight excluding hydrogens is 388 g/mol. The highest BCUT2D eigenvalue weighted by molar-refractivity contribution is 5.97. The highest BCUT2D eigenvalue weighted by atomic mass is 16.1. The van der Waals surface area contributed by atoms with Gasteiger partial charge in [0.15, 0.2) is 0 Å². The molecule has 7 nitrogen and oxygen atoms in total. The highest BCUT2D eigenvalue weighted by Crippen LogP contribution is 2.30. The monoisotopic (exact) mass is 416 g/mol. The second-order valence-electron chi connectivity index (χ2n) is 8.18. The first-order chi connectivity index (χ1) is 15.1. The third-order valence-corrected chi connectivity index (χ3v) is 6.52. The molecule has 1 atom stereocenters. The van der Waals surface area contributed by atoms with Gasteiger partial charge in [-0.1, -0.05) is 32.0 Å². The maximum Gasteiger partial charge on any atom is 0.261 e. The number of anilines is 2. The standard InChI is InChI=1S/C24H28N6O/c1-3-29(4-2)16-11-12-30(14-16)15-9-10-19-20(13-15)27-23(26-19)21-22(25)17-7-5-6-8-18(17)28-24(21)31/h5-10,13,16H,3-4,11-12,14H2,1-2H3,(H,26,27)(H3,25,28,31). The van der Waals surface area contributed by atoms with E-state index in [-0.39, 0.29) is 5.56 Å². The van der Waals surface area contributed by atoms with Crippen LogP contribution >= 0.6 is 0 Å². The van der Waals surface area contributed by atoms with Crippen LogP contribution in [0.4, 0.5) is 11.4 Å². The molecule has 5 rings (SSSR count). The van der Waals surface area contributed by atoms with Crippen molar-refractivity contribution in [1.29, 1.82) is 0 Å². The van der Waals surface area contributed by atoms with Crippen LogP contribution in [0.15, 0.2) is 47.3 Å². The van der Waals surface area contributed by atoms with Gasteiger partial charge in [0.05, 0.1) is 22.2 Å². The smallest absolute Gasteiger partial charge is 0.261 e. The van der Waals surface area contributed by atoms with E-state index in [2.05, 4.69) is 50.7 Å². The highest BCUT2D eigenvalue weighted by Gasteiger charge is 2.26. The zero-order valence-electron chi connectivity index (χ0n) is 18.0. The molecule has 31 heavy (non-hydrogen) atoms. The molecule has 0 aliphatic carbocycles. The first kappa shape index (κ1) is 19.6. The van der Waals surface area contributed by atoms with Gasteiger partial charge in [0.1, 0.15) is 11.4 Å². The summed E-state index contributed by atoms with van der Waals surface area (Å²) in [5.74, 6) is 0.499. The minimum atomic E-state index is -0.239. The minimum absolute atomic E-state index is 0.239. The molecular formula is C24H28N6O. The summed E-state index contributed by atoms with van der Waals surface area (Å²) in [6.07, 6.45) is 1.18. The van der Waals surface area contributed by atoms with Crippen molar-refractivity contribution in [1.82, 2.24) is 19.9 Å². The lowest BCUT2D eigenvalue weighted by Crippen LogP contribution is -2.37. The van der Waals surface area contributed by atoms with Crippen molar-refractivity contribution < 1.29 is 0 Å². The molecule has 1 aliphatic rings. The molecule has 7 heteroatoms. The molecule has 0 amide bonds. The summed E-state index contributed by atoms with van der Waals surface area (Å²) in [6, 6.07) is 14.4. The molecule has 0 saturated carbocycles. The quantitative estimate of drug-likeness (QED) is 0.462. The topological polar surface area (TPSA) is 94.0 Å². The maximum atomic E-state index is 12.8. The Bertz CT molecular complexity index is 1300. The number of hydrogen-bond donors (Lipinski definition) is 3. The van der Waals surface area contributed by atoms with Gasteiger partial charge in [-0.25, -0.2) is 4.98 Å². The Labute approximate surface area is 180 Å². The van der Waals surface area contributed by atoms with E-state index in [1.54, 1.807) is 0 Å². The van der Waals surface area contributed by atoms with Gasteiger partial charge in [0, 0.05) is 30.2 Å². The van der Waals surface area contributed by atoms with Crippen LogP contribution in [-0.4, -0.2) is 52.1 Å². The van der Waals surface area contributed by atoms with Crippen LogP contribution < -0.4 is 16.2 Å². The van der Waals surface area contributed by atoms with Gasteiger partial charge in [0.25, 0.3) is 5.56 Å². The van der Waals surface area contributed by atoms with Gasteiger partial charge in [-0.15, -0.1) is 0 Å². The fourth-order valence-corrected chi connectivity index (χ4v) is 4.83. The number of nitrogens with two attached hydrogens (primary N) is 1. The number of imidazole rings is 1. The Morgan fingerprint density at radius 3 is 2.74 bits per heavy atom. The zero-order valence-corrected chi connectivity index (χ0v) is 18.0. The Balaban J connectivity index is 1.50. The molecule has 0 radical (unpaired) electrons. The van der Waals surface area contributed by atoms with Crippen molar-refractivity contribution >= 4 is 33.3 Å². The number of benzene rings is 2. The van der Waals surface area contributed by atoms with Crippen molar-refractivity contribution in [3.8, 4) is 11.4 Å². The van der Waals surface area contributed by atoms with Crippen molar-refractivity contribution in [3.63, 3.8) is 0 Å².